The Labute approximate surface area is 112 Å². The molecule has 0 amide bonds. The lowest BCUT2D eigenvalue weighted by Crippen LogP contribution is -1.98. The highest BCUT2D eigenvalue weighted by atomic mass is 16.7. The van der Waals surface area contributed by atoms with Crippen molar-refractivity contribution in [1.29, 1.82) is 0 Å². The van der Waals surface area contributed by atoms with Gasteiger partial charge in [-0.1, -0.05) is 13.3 Å². The zero-order valence-corrected chi connectivity index (χ0v) is 10.9. The van der Waals surface area contributed by atoms with Gasteiger partial charge < -0.3 is 14.2 Å². The monoisotopic (exact) mass is 260 g/mol. The van der Waals surface area contributed by atoms with Crippen LogP contribution in [0.5, 0.6) is 11.5 Å². The van der Waals surface area contributed by atoms with E-state index in [1.807, 2.05) is 12.1 Å². The molecule has 4 nitrogen and oxygen atoms in total. The molecule has 2 aliphatic heterocycles. The summed E-state index contributed by atoms with van der Waals surface area (Å²) in [4.78, 5) is 11.6. The van der Waals surface area contributed by atoms with Crippen LogP contribution in [-0.4, -0.2) is 12.8 Å². The molecule has 0 aliphatic carbocycles. The Kier molecular flexibility index (Phi) is 3.15. The molecule has 0 aromatic heterocycles. The van der Waals surface area contributed by atoms with Crippen LogP contribution in [0.2, 0.25) is 0 Å². The lowest BCUT2D eigenvalue weighted by molar-refractivity contribution is -0.138. The minimum Gasteiger partial charge on any atom is -0.458 e. The summed E-state index contributed by atoms with van der Waals surface area (Å²) < 4.78 is 16.0. The lowest BCUT2D eigenvalue weighted by atomic mass is 9.95. The van der Waals surface area contributed by atoms with Crippen LogP contribution >= 0.6 is 0 Å². The third-order valence-electron chi connectivity index (χ3n) is 3.41. The van der Waals surface area contributed by atoms with E-state index in [4.69, 9.17) is 14.2 Å². The highest BCUT2D eigenvalue weighted by Gasteiger charge is 2.22. The van der Waals surface area contributed by atoms with Crippen molar-refractivity contribution < 1.29 is 19.0 Å². The second-order valence-corrected chi connectivity index (χ2v) is 4.74. The second kappa shape index (κ2) is 4.96. The van der Waals surface area contributed by atoms with Crippen molar-refractivity contribution in [3.8, 4) is 11.5 Å². The van der Waals surface area contributed by atoms with Gasteiger partial charge in [0.05, 0.1) is 0 Å². The van der Waals surface area contributed by atoms with E-state index in [2.05, 4.69) is 6.92 Å². The topological polar surface area (TPSA) is 44.8 Å². The lowest BCUT2D eigenvalue weighted by Gasteiger charge is -2.10. The third-order valence-corrected chi connectivity index (χ3v) is 3.41. The van der Waals surface area contributed by atoms with Gasteiger partial charge in [-0.3, -0.25) is 0 Å². The molecule has 0 N–H and O–H groups in total. The summed E-state index contributed by atoms with van der Waals surface area (Å²) in [5, 5.41) is 0. The van der Waals surface area contributed by atoms with E-state index < -0.39 is 0 Å². The van der Waals surface area contributed by atoms with Gasteiger partial charge in [0.15, 0.2) is 11.5 Å². The maximum Gasteiger partial charge on any atom is 0.331 e. The summed E-state index contributed by atoms with van der Waals surface area (Å²) in [5.41, 5.74) is 3.05. The van der Waals surface area contributed by atoms with Crippen molar-refractivity contribution in [2.75, 3.05) is 6.79 Å². The highest BCUT2D eigenvalue weighted by molar-refractivity contribution is 5.93. The van der Waals surface area contributed by atoms with Crippen LogP contribution in [0, 0.1) is 0 Å². The first-order valence-corrected chi connectivity index (χ1v) is 6.58. The Morgan fingerprint density at radius 3 is 2.74 bits per heavy atom. The predicted molar refractivity (Wildman–Crippen MR) is 69.9 cm³/mol. The molecule has 0 saturated heterocycles. The normalized spacial score (nSPS) is 16.5. The molecule has 0 bridgehead atoms. The number of benzene rings is 1. The molecule has 0 fully saturated rings. The van der Waals surface area contributed by atoms with E-state index in [0.717, 1.165) is 47.5 Å². The zero-order chi connectivity index (χ0) is 13.2. The minimum atomic E-state index is -0.274. The summed E-state index contributed by atoms with van der Waals surface area (Å²) in [6, 6.07) is 3.87. The summed E-state index contributed by atoms with van der Waals surface area (Å²) in [5.74, 6) is 1.20. The molecular weight excluding hydrogens is 244 g/mol. The molecule has 0 saturated carbocycles. The van der Waals surface area contributed by atoms with Crippen LogP contribution in [0.3, 0.4) is 0 Å². The molecule has 1 aromatic carbocycles. The number of ether oxygens (including phenoxy) is 3. The summed E-state index contributed by atoms with van der Waals surface area (Å²) in [7, 11) is 0. The van der Waals surface area contributed by atoms with Gasteiger partial charge in [0.1, 0.15) is 6.61 Å². The Hall–Kier alpha value is -1.97. The van der Waals surface area contributed by atoms with Crippen LogP contribution < -0.4 is 9.47 Å². The molecule has 100 valence electrons. The van der Waals surface area contributed by atoms with Crippen molar-refractivity contribution in [1.82, 2.24) is 0 Å². The maximum absolute atomic E-state index is 11.6. The van der Waals surface area contributed by atoms with E-state index in [-0.39, 0.29) is 19.4 Å². The van der Waals surface area contributed by atoms with Gasteiger partial charge in [-0.25, -0.2) is 4.79 Å². The number of carbonyl (C=O) groups is 1. The number of allylic oxidation sites excluding steroid dienone is 1. The van der Waals surface area contributed by atoms with E-state index in [0.29, 0.717) is 0 Å². The van der Waals surface area contributed by atoms with Crippen LogP contribution in [0.15, 0.2) is 18.2 Å². The standard InChI is InChI=1S/C15H16O4/c1-2-3-4-10-6-15(16)17-8-11-5-13-14(7-12(10)11)19-9-18-13/h5-7H,2-4,8-9H2,1H3. The Morgan fingerprint density at radius 1 is 1.16 bits per heavy atom. The van der Waals surface area contributed by atoms with Crippen LogP contribution in [0.1, 0.15) is 37.3 Å². The summed E-state index contributed by atoms with van der Waals surface area (Å²) in [6.07, 6.45) is 4.61. The average molecular weight is 260 g/mol. The fourth-order valence-electron chi connectivity index (χ4n) is 2.39. The molecule has 2 heterocycles. The van der Waals surface area contributed by atoms with E-state index in [1.165, 1.54) is 0 Å². The smallest absolute Gasteiger partial charge is 0.331 e. The largest absolute Gasteiger partial charge is 0.458 e. The molecule has 0 atom stereocenters. The number of unbranched alkanes of at least 4 members (excludes halogenated alkanes) is 1. The molecule has 0 spiro atoms. The van der Waals surface area contributed by atoms with Crippen molar-refractivity contribution in [3.63, 3.8) is 0 Å². The van der Waals surface area contributed by atoms with Gasteiger partial charge >= 0.3 is 5.97 Å². The van der Waals surface area contributed by atoms with Gasteiger partial charge in [-0.05, 0) is 36.1 Å². The highest BCUT2D eigenvalue weighted by Crippen LogP contribution is 2.39. The van der Waals surface area contributed by atoms with Gasteiger partial charge in [0, 0.05) is 11.6 Å². The molecule has 3 rings (SSSR count). The number of hydrogen-bond donors (Lipinski definition) is 0. The quantitative estimate of drug-likeness (QED) is 0.783. The van der Waals surface area contributed by atoms with Gasteiger partial charge in [-0.2, -0.15) is 0 Å². The Bertz CT molecular complexity index is 545. The molecule has 0 radical (unpaired) electrons. The fourth-order valence-corrected chi connectivity index (χ4v) is 2.39. The van der Waals surface area contributed by atoms with E-state index in [1.54, 1.807) is 6.08 Å². The molecule has 4 heteroatoms. The van der Waals surface area contributed by atoms with E-state index >= 15 is 0 Å². The minimum absolute atomic E-state index is 0.256. The molecular formula is C15H16O4. The van der Waals surface area contributed by atoms with E-state index in [9.17, 15) is 4.79 Å². The zero-order valence-electron chi connectivity index (χ0n) is 10.9. The fraction of sp³-hybridized carbons (Fsp3) is 0.400. The number of carbonyl (C=O) groups excluding carboxylic acids is 1. The predicted octanol–water partition coefficient (Wildman–Crippen LogP) is 3.05. The third kappa shape index (κ3) is 2.30. The summed E-state index contributed by atoms with van der Waals surface area (Å²) >= 11 is 0. The first kappa shape index (κ1) is 12.1. The SMILES string of the molecule is CCCCC1=CC(=O)OCc2cc3c(cc21)OCO3. The number of rotatable bonds is 3. The first-order valence-electron chi connectivity index (χ1n) is 6.58. The van der Waals surface area contributed by atoms with Gasteiger partial charge in [0.2, 0.25) is 6.79 Å². The van der Waals surface area contributed by atoms with Crippen molar-refractivity contribution >= 4 is 11.5 Å². The van der Waals surface area contributed by atoms with Gasteiger partial charge in [-0.15, -0.1) is 0 Å². The number of cyclic esters (lactones) is 1. The number of esters is 1. The van der Waals surface area contributed by atoms with Crippen LogP contribution in [-0.2, 0) is 16.1 Å². The summed E-state index contributed by atoms with van der Waals surface area (Å²) in [6.45, 7) is 2.68. The Balaban J connectivity index is 2.03. The maximum atomic E-state index is 11.6. The number of hydrogen-bond acceptors (Lipinski definition) is 4. The first-order chi connectivity index (χ1) is 9.28. The van der Waals surface area contributed by atoms with Crippen LogP contribution in [0.25, 0.3) is 5.57 Å². The van der Waals surface area contributed by atoms with Crippen molar-refractivity contribution in [3.05, 3.63) is 29.3 Å². The van der Waals surface area contributed by atoms with Crippen molar-refractivity contribution in [2.45, 2.75) is 32.8 Å². The molecule has 19 heavy (non-hydrogen) atoms. The Morgan fingerprint density at radius 2 is 1.95 bits per heavy atom. The van der Waals surface area contributed by atoms with Gasteiger partial charge in [0.25, 0.3) is 0 Å². The second-order valence-electron chi connectivity index (χ2n) is 4.74. The molecule has 1 aromatic rings. The van der Waals surface area contributed by atoms with Crippen molar-refractivity contribution in [2.24, 2.45) is 0 Å². The molecule has 2 aliphatic rings. The average Bonchev–Trinajstić information content (AvgIpc) is 2.81. The number of fused-ring (bicyclic) bond motifs is 2. The molecule has 0 unspecified atom stereocenters. The van der Waals surface area contributed by atoms with Crippen LogP contribution in [0.4, 0.5) is 0 Å².